The lowest BCUT2D eigenvalue weighted by Gasteiger charge is -2.14. The normalized spacial score (nSPS) is 12.7. The van der Waals surface area contributed by atoms with E-state index in [-0.39, 0.29) is 5.82 Å². The molecule has 0 saturated carbocycles. The highest BCUT2D eigenvalue weighted by Crippen LogP contribution is 2.26. The minimum absolute atomic E-state index is 0.113. The minimum Gasteiger partial charge on any atom is -0.380 e. The standard InChI is InChI=1S/C12H11F3N2O/c1-2-17-4-3-16-12(17)11(18)10-8(14)5-7(13)6-9(10)15/h3-6,11,18H,2H2,1H3. The van der Waals surface area contributed by atoms with Crippen LogP contribution in [0.5, 0.6) is 0 Å². The van der Waals surface area contributed by atoms with Crippen molar-refractivity contribution >= 4 is 0 Å². The number of benzene rings is 1. The number of nitrogens with zero attached hydrogens (tertiary/aromatic N) is 2. The Bertz CT molecular complexity index is 545. The van der Waals surface area contributed by atoms with Crippen LogP contribution in [0.25, 0.3) is 0 Å². The highest BCUT2D eigenvalue weighted by Gasteiger charge is 2.24. The summed E-state index contributed by atoms with van der Waals surface area (Å²) in [6.45, 7) is 2.30. The molecule has 1 aromatic carbocycles. The molecular formula is C12H11F3N2O. The van der Waals surface area contributed by atoms with Crippen molar-refractivity contribution in [3.8, 4) is 0 Å². The number of aromatic nitrogens is 2. The molecule has 0 aliphatic rings. The molecule has 3 nitrogen and oxygen atoms in total. The third-order valence-corrected chi connectivity index (χ3v) is 2.65. The van der Waals surface area contributed by atoms with Crippen molar-refractivity contribution in [2.75, 3.05) is 0 Å². The molecule has 6 heteroatoms. The Labute approximate surface area is 102 Å². The van der Waals surface area contributed by atoms with Crippen LogP contribution in [0.15, 0.2) is 24.5 Å². The smallest absolute Gasteiger partial charge is 0.142 e. The summed E-state index contributed by atoms with van der Waals surface area (Å²) in [7, 11) is 0. The van der Waals surface area contributed by atoms with Crippen LogP contribution in [-0.4, -0.2) is 14.7 Å². The van der Waals surface area contributed by atoms with E-state index in [1.165, 1.54) is 6.20 Å². The molecule has 1 heterocycles. The van der Waals surface area contributed by atoms with Crippen LogP contribution in [0.2, 0.25) is 0 Å². The van der Waals surface area contributed by atoms with Crippen LogP contribution < -0.4 is 0 Å². The number of halogens is 3. The molecule has 18 heavy (non-hydrogen) atoms. The lowest BCUT2D eigenvalue weighted by molar-refractivity contribution is 0.194. The van der Waals surface area contributed by atoms with Gasteiger partial charge in [0, 0.05) is 31.1 Å². The van der Waals surface area contributed by atoms with Crippen molar-refractivity contribution in [3.63, 3.8) is 0 Å². The molecule has 96 valence electrons. The lowest BCUT2D eigenvalue weighted by atomic mass is 10.1. The summed E-state index contributed by atoms with van der Waals surface area (Å²) in [5.41, 5.74) is -0.600. The molecule has 0 aliphatic carbocycles. The second-order valence-electron chi connectivity index (χ2n) is 3.76. The number of aliphatic hydroxyl groups excluding tert-OH is 1. The Kier molecular flexibility index (Phi) is 3.38. The van der Waals surface area contributed by atoms with Crippen molar-refractivity contribution in [1.29, 1.82) is 0 Å². The zero-order valence-corrected chi connectivity index (χ0v) is 9.57. The summed E-state index contributed by atoms with van der Waals surface area (Å²) in [6, 6.07) is 1.06. The zero-order chi connectivity index (χ0) is 13.3. The van der Waals surface area contributed by atoms with Crippen LogP contribution in [0.1, 0.15) is 24.4 Å². The van der Waals surface area contributed by atoms with Gasteiger partial charge in [-0.2, -0.15) is 0 Å². The van der Waals surface area contributed by atoms with E-state index in [1.54, 1.807) is 17.7 Å². The summed E-state index contributed by atoms with van der Waals surface area (Å²) in [5.74, 6) is -3.18. The molecule has 0 bridgehead atoms. The third kappa shape index (κ3) is 2.11. The molecule has 0 amide bonds. The van der Waals surface area contributed by atoms with Gasteiger partial charge in [0.05, 0.1) is 5.56 Å². The largest absolute Gasteiger partial charge is 0.380 e. The van der Waals surface area contributed by atoms with E-state index in [0.29, 0.717) is 18.7 Å². The van der Waals surface area contributed by atoms with Gasteiger partial charge in [0.2, 0.25) is 0 Å². The van der Waals surface area contributed by atoms with Gasteiger partial charge >= 0.3 is 0 Å². The molecular weight excluding hydrogens is 245 g/mol. The highest BCUT2D eigenvalue weighted by molar-refractivity contribution is 5.27. The van der Waals surface area contributed by atoms with Crippen LogP contribution in [-0.2, 0) is 6.54 Å². The van der Waals surface area contributed by atoms with Crippen molar-refractivity contribution in [2.45, 2.75) is 19.6 Å². The molecule has 2 aromatic rings. The van der Waals surface area contributed by atoms with Gasteiger partial charge in [0.1, 0.15) is 29.4 Å². The van der Waals surface area contributed by atoms with Gasteiger partial charge < -0.3 is 9.67 Å². The van der Waals surface area contributed by atoms with Gasteiger partial charge in [0.15, 0.2) is 0 Å². The van der Waals surface area contributed by atoms with Crippen molar-refractivity contribution < 1.29 is 18.3 Å². The first-order valence-electron chi connectivity index (χ1n) is 5.38. The summed E-state index contributed by atoms with van der Waals surface area (Å²) >= 11 is 0. The molecule has 0 spiro atoms. The summed E-state index contributed by atoms with van der Waals surface area (Å²) in [5, 5.41) is 9.96. The number of imidazole rings is 1. The van der Waals surface area contributed by atoms with Crippen molar-refractivity contribution in [1.82, 2.24) is 9.55 Å². The number of rotatable bonds is 3. The number of aryl methyl sites for hydroxylation is 1. The number of hydrogen-bond donors (Lipinski definition) is 1. The van der Waals surface area contributed by atoms with Gasteiger partial charge in [-0.3, -0.25) is 0 Å². The van der Waals surface area contributed by atoms with Crippen LogP contribution in [0, 0.1) is 17.5 Å². The summed E-state index contributed by atoms with van der Waals surface area (Å²) in [4.78, 5) is 3.85. The van der Waals surface area contributed by atoms with Crippen LogP contribution in [0.4, 0.5) is 13.2 Å². The van der Waals surface area contributed by atoms with E-state index >= 15 is 0 Å². The Morgan fingerprint density at radius 3 is 2.44 bits per heavy atom. The second-order valence-corrected chi connectivity index (χ2v) is 3.76. The number of hydrogen-bond acceptors (Lipinski definition) is 2. The monoisotopic (exact) mass is 256 g/mol. The fourth-order valence-corrected chi connectivity index (χ4v) is 1.78. The zero-order valence-electron chi connectivity index (χ0n) is 9.57. The first-order chi connectivity index (χ1) is 8.54. The Hall–Kier alpha value is -1.82. The molecule has 1 atom stereocenters. The summed E-state index contributed by atoms with van der Waals surface area (Å²) in [6.07, 6.45) is 1.43. The van der Waals surface area contributed by atoms with E-state index in [2.05, 4.69) is 4.98 Å². The fourth-order valence-electron chi connectivity index (χ4n) is 1.78. The molecule has 1 unspecified atom stereocenters. The van der Waals surface area contributed by atoms with Crippen LogP contribution in [0.3, 0.4) is 0 Å². The Morgan fingerprint density at radius 1 is 1.28 bits per heavy atom. The molecule has 1 N–H and O–H groups in total. The van der Waals surface area contributed by atoms with E-state index in [9.17, 15) is 18.3 Å². The second kappa shape index (κ2) is 4.81. The maximum atomic E-state index is 13.5. The molecule has 0 aliphatic heterocycles. The highest BCUT2D eigenvalue weighted by atomic mass is 19.1. The Morgan fingerprint density at radius 2 is 1.89 bits per heavy atom. The molecule has 1 aromatic heterocycles. The van der Waals surface area contributed by atoms with Gasteiger partial charge in [-0.25, -0.2) is 18.2 Å². The molecule has 2 rings (SSSR count). The van der Waals surface area contributed by atoms with E-state index in [4.69, 9.17) is 0 Å². The van der Waals surface area contributed by atoms with Crippen molar-refractivity contribution in [2.24, 2.45) is 0 Å². The minimum atomic E-state index is -1.57. The molecule has 0 fully saturated rings. The summed E-state index contributed by atoms with van der Waals surface area (Å²) < 4.78 is 41.4. The third-order valence-electron chi connectivity index (χ3n) is 2.65. The maximum absolute atomic E-state index is 13.5. The van der Waals surface area contributed by atoms with E-state index in [1.807, 2.05) is 0 Å². The van der Waals surface area contributed by atoms with E-state index < -0.39 is 29.1 Å². The van der Waals surface area contributed by atoms with Crippen LogP contribution >= 0.6 is 0 Å². The predicted octanol–water partition coefficient (Wildman–Crippen LogP) is 2.40. The van der Waals surface area contributed by atoms with Gasteiger partial charge in [-0.05, 0) is 6.92 Å². The Balaban J connectivity index is 2.49. The number of aliphatic hydroxyl groups is 1. The maximum Gasteiger partial charge on any atom is 0.142 e. The van der Waals surface area contributed by atoms with Gasteiger partial charge in [0.25, 0.3) is 0 Å². The topological polar surface area (TPSA) is 38.0 Å². The first-order valence-corrected chi connectivity index (χ1v) is 5.38. The molecule has 0 radical (unpaired) electrons. The molecule has 0 saturated heterocycles. The average Bonchev–Trinajstić information content (AvgIpc) is 2.75. The van der Waals surface area contributed by atoms with Gasteiger partial charge in [-0.15, -0.1) is 0 Å². The van der Waals surface area contributed by atoms with Gasteiger partial charge in [-0.1, -0.05) is 0 Å². The quantitative estimate of drug-likeness (QED) is 0.915. The lowest BCUT2D eigenvalue weighted by Crippen LogP contribution is -2.12. The average molecular weight is 256 g/mol. The van der Waals surface area contributed by atoms with E-state index in [0.717, 1.165) is 0 Å². The van der Waals surface area contributed by atoms with Crippen molar-refractivity contribution in [3.05, 3.63) is 53.4 Å². The SMILES string of the molecule is CCn1ccnc1C(O)c1c(F)cc(F)cc1F. The predicted molar refractivity (Wildman–Crippen MR) is 58.3 cm³/mol. The first kappa shape index (κ1) is 12.6. The fraction of sp³-hybridized carbons (Fsp3) is 0.250.